The summed E-state index contributed by atoms with van der Waals surface area (Å²) in [5, 5.41) is 40.4. The first-order chi connectivity index (χ1) is 30.5. The molecule has 3 aliphatic rings. The molecule has 2 heterocycles. The zero-order chi connectivity index (χ0) is 46.3. The predicted octanol–water partition coefficient (Wildman–Crippen LogP) is 4.63. The molecule has 6 rings (SSSR count). The molecule has 64 heavy (non-hydrogen) atoms. The minimum atomic E-state index is -1.74. The molecule has 2 amide bonds. The second-order valence-corrected chi connectivity index (χ2v) is 22.8. The van der Waals surface area contributed by atoms with E-state index in [0.29, 0.717) is 54.2 Å². The highest BCUT2D eigenvalue weighted by Gasteiger charge is 2.47. The number of benzene rings is 3. The number of amides is 2. The van der Waals surface area contributed by atoms with E-state index in [0.717, 1.165) is 17.2 Å². The number of terminal acetylenes is 1. The summed E-state index contributed by atoms with van der Waals surface area (Å²) in [5.41, 5.74) is 3.52. The first-order valence-electron chi connectivity index (χ1n) is 21.1. The van der Waals surface area contributed by atoms with Gasteiger partial charge in [-0.1, -0.05) is 37.7 Å². The highest BCUT2D eigenvalue weighted by Crippen LogP contribution is 2.40. The SMILES string of the molecule is C#CCOc1cc(O[C@@H]2C[C@H](C(=O)O)[C@@H](O)[C@H](O)[C@H]2O)ccc1COC(=O)CCCc1cc2c(cc1OC)C(=O)N1C=C(c3ccc(OC)cc3)CC1C(=O)N2COCC[Si](C)(C)C. The Morgan fingerprint density at radius 1 is 0.906 bits per heavy atom. The largest absolute Gasteiger partial charge is 0.497 e. The number of rotatable bonds is 19. The molecule has 0 saturated heterocycles. The number of nitrogens with zero attached hydrogens (tertiary/aromatic N) is 2. The lowest BCUT2D eigenvalue weighted by Crippen LogP contribution is -2.57. The lowest BCUT2D eigenvalue weighted by atomic mass is 9.81. The Morgan fingerprint density at radius 2 is 1.64 bits per heavy atom. The maximum absolute atomic E-state index is 14.5. The van der Waals surface area contributed by atoms with Crippen molar-refractivity contribution in [3.05, 3.63) is 83.1 Å². The number of hydrogen-bond donors (Lipinski definition) is 4. The average Bonchev–Trinajstić information content (AvgIpc) is 3.70. The summed E-state index contributed by atoms with van der Waals surface area (Å²) in [6, 6.07) is 15.5. The Balaban J connectivity index is 1.15. The van der Waals surface area contributed by atoms with E-state index in [1.165, 1.54) is 29.0 Å². The van der Waals surface area contributed by atoms with Crippen molar-refractivity contribution in [2.75, 3.05) is 39.1 Å². The average molecular weight is 901 g/mol. The van der Waals surface area contributed by atoms with Crippen LogP contribution in [-0.4, -0.2) is 122 Å². The Morgan fingerprint density at radius 3 is 2.31 bits per heavy atom. The van der Waals surface area contributed by atoms with Gasteiger partial charge in [-0.3, -0.25) is 24.1 Å². The number of aryl methyl sites for hydroxylation is 1. The number of aliphatic hydroxyl groups excluding tert-OH is 3. The fraction of sp³-hybridized carbons (Fsp3) is 0.447. The first-order valence-corrected chi connectivity index (χ1v) is 24.8. The number of anilines is 1. The van der Waals surface area contributed by atoms with Crippen LogP contribution in [0.2, 0.25) is 25.7 Å². The lowest BCUT2D eigenvalue weighted by molar-refractivity contribution is -0.174. The van der Waals surface area contributed by atoms with Gasteiger partial charge in [-0.05, 0) is 72.0 Å². The van der Waals surface area contributed by atoms with E-state index in [1.807, 2.05) is 24.3 Å². The molecule has 342 valence electrons. The molecule has 17 heteroatoms. The van der Waals surface area contributed by atoms with Crippen LogP contribution < -0.4 is 23.8 Å². The van der Waals surface area contributed by atoms with Gasteiger partial charge in [0.1, 0.15) is 67.3 Å². The van der Waals surface area contributed by atoms with Gasteiger partial charge in [0.25, 0.3) is 11.8 Å². The standard InChI is InChI=1S/C47H56N2O14Si/c1-7-17-61-39-22-33(63-40-24-35(47(56)57)42(51)44(53)43(40)52)16-13-30(39)26-62-41(50)10-8-9-29-20-36-34(23-38(29)59-3)45(54)48-25-31(28-11-14-32(58-2)15-12-28)21-37(48)46(55)49(36)27-60-18-19-64(4,5)6/h1,11-16,20,22-23,25,35,37,40,42-44,51-53H,8-10,17-19,21,24,26-27H2,2-6H3,(H,56,57)/t35-,37?,40+,42+,43-,44-/m0/s1. The number of aliphatic hydroxyl groups is 3. The van der Waals surface area contributed by atoms with E-state index in [1.54, 1.807) is 31.5 Å². The van der Waals surface area contributed by atoms with Crippen molar-refractivity contribution in [2.45, 2.75) is 94.9 Å². The first kappa shape index (κ1) is 47.6. The minimum Gasteiger partial charge on any atom is -0.497 e. The van der Waals surface area contributed by atoms with Crippen molar-refractivity contribution in [2.24, 2.45) is 5.92 Å². The summed E-state index contributed by atoms with van der Waals surface area (Å²) in [6.45, 7) is 6.81. The van der Waals surface area contributed by atoms with Gasteiger partial charge >= 0.3 is 11.9 Å². The molecule has 3 aromatic rings. The van der Waals surface area contributed by atoms with Gasteiger partial charge in [0, 0.05) is 51.8 Å². The third-order valence-corrected chi connectivity index (χ3v) is 13.3. The summed E-state index contributed by atoms with van der Waals surface area (Å²) in [7, 11) is 1.64. The molecule has 1 unspecified atom stereocenters. The number of carbonyl (C=O) groups is 4. The number of esters is 1. The van der Waals surface area contributed by atoms with Gasteiger partial charge in [-0.25, -0.2) is 0 Å². The molecular formula is C47H56N2O14Si. The number of methoxy groups -OCH3 is 2. The van der Waals surface area contributed by atoms with E-state index in [-0.39, 0.29) is 61.7 Å². The molecule has 0 radical (unpaired) electrons. The van der Waals surface area contributed by atoms with Gasteiger partial charge in [0.2, 0.25) is 0 Å². The highest BCUT2D eigenvalue weighted by molar-refractivity contribution is 6.76. The molecule has 4 N–H and O–H groups in total. The molecule has 1 fully saturated rings. The quantitative estimate of drug-likeness (QED) is 0.0560. The van der Waals surface area contributed by atoms with Crippen LogP contribution in [0.4, 0.5) is 5.69 Å². The van der Waals surface area contributed by atoms with E-state index < -0.39 is 56.4 Å². The van der Waals surface area contributed by atoms with Crippen LogP contribution in [0.15, 0.2) is 60.8 Å². The van der Waals surface area contributed by atoms with E-state index in [2.05, 4.69) is 25.6 Å². The fourth-order valence-electron chi connectivity index (χ4n) is 7.88. The number of aliphatic carboxylic acids is 1. The number of ether oxygens (including phenoxy) is 6. The molecule has 16 nitrogen and oxygen atoms in total. The zero-order valence-corrected chi connectivity index (χ0v) is 37.7. The zero-order valence-electron chi connectivity index (χ0n) is 36.7. The van der Waals surface area contributed by atoms with Gasteiger partial charge in [-0.2, -0.15) is 0 Å². The molecule has 0 bridgehead atoms. The summed E-state index contributed by atoms with van der Waals surface area (Å²) in [6.07, 6.45) is 1.76. The second kappa shape index (κ2) is 20.7. The fourth-order valence-corrected chi connectivity index (χ4v) is 8.64. The number of carboxylic acid groups (broad SMARTS) is 1. The van der Waals surface area contributed by atoms with Gasteiger partial charge in [0.05, 0.1) is 37.5 Å². The van der Waals surface area contributed by atoms with Crippen molar-refractivity contribution < 1.29 is 68.0 Å². The molecule has 0 aromatic heterocycles. The summed E-state index contributed by atoms with van der Waals surface area (Å²) < 4.78 is 34.3. The Labute approximate surface area is 373 Å². The van der Waals surface area contributed by atoms with E-state index in [9.17, 15) is 39.6 Å². The van der Waals surface area contributed by atoms with Crippen LogP contribution in [-0.2, 0) is 36.9 Å². The van der Waals surface area contributed by atoms with Crippen LogP contribution in [0.1, 0.15) is 52.7 Å². The normalized spacial score (nSPS) is 21.8. The number of fused-ring (bicyclic) bond motifs is 2. The van der Waals surface area contributed by atoms with Crippen molar-refractivity contribution in [3.8, 4) is 35.3 Å². The molecule has 0 spiro atoms. The van der Waals surface area contributed by atoms with Crippen LogP contribution in [0.25, 0.3) is 5.57 Å². The summed E-state index contributed by atoms with van der Waals surface area (Å²) >= 11 is 0. The second-order valence-electron chi connectivity index (χ2n) is 17.2. The van der Waals surface area contributed by atoms with Crippen molar-refractivity contribution in [3.63, 3.8) is 0 Å². The monoisotopic (exact) mass is 900 g/mol. The topological polar surface area (TPSA) is 211 Å². The molecule has 6 atom stereocenters. The Hall–Kier alpha value is -5.90. The van der Waals surface area contributed by atoms with Crippen LogP contribution in [0.5, 0.6) is 23.0 Å². The molecule has 1 aliphatic carbocycles. The highest BCUT2D eigenvalue weighted by atomic mass is 28.3. The summed E-state index contributed by atoms with van der Waals surface area (Å²) in [4.78, 5) is 56.6. The Kier molecular flexibility index (Phi) is 15.4. The maximum Gasteiger partial charge on any atom is 0.309 e. The van der Waals surface area contributed by atoms with Gasteiger partial charge in [0.15, 0.2) is 0 Å². The third-order valence-electron chi connectivity index (χ3n) is 11.6. The van der Waals surface area contributed by atoms with Crippen molar-refractivity contribution >= 4 is 43.1 Å². The predicted molar refractivity (Wildman–Crippen MR) is 237 cm³/mol. The Bertz CT molecular complexity index is 2270. The van der Waals surface area contributed by atoms with Crippen molar-refractivity contribution in [1.29, 1.82) is 0 Å². The van der Waals surface area contributed by atoms with Crippen LogP contribution in [0.3, 0.4) is 0 Å². The minimum absolute atomic E-state index is 0.0105. The molecular weight excluding hydrogens is 845 g/mol. The summed E-state index contributed by atoms with van der Waals surface area (Å²) in [5.74, 6) is 0.00752. The van der Waals surface area contributed by atoms with E-state index in [4.69, 9.17) is 34.8 Å². The molecule has 3 aromatic carbocycles. The van der Waals surface area contributed by atoms with Crippen LogP contribution >= 0.6 is 0 Å². The maximum atomic E-state index is 14.5. The number of hydrogen-bond acceptors (Lipinski definition) is 13. The van der Waals surface area contributed by atoms with Crippen LogP contribution in [0, 0.1) is 18.3 Å². The van der Waals surface area contributed by atoms with E-state index >= 15 is 0 Å². The molecule has 2 aliphatic heterocycles. The lowest BCUT2D eigenvalue weighted by Gasteiger charge is -2.38. The third kappa shape index (κ3) is 11.1. The number of carbonyl (C=O) groups excluding carboxylic acids is 3. The van der Waals surface area contributed by atoms with Gasteiger partial charge < -0.3 is 53.7 Å². The number of carboxylic acids is 1. The van der Waals surface area contributed by atoms with Crippen molar-refractivity contribution in [1.82, 2.24) is 4.90 Å². The molecule has 1 saturated carbocycles. The smallest absolute Gasteiger partial charge is 0.309 e. The van der Waals surface area contributed by atoms with Gasteiger partial charge in [-0.15, -0.1) is 6.42 Å².